The Kier molecular flexibility index (Phi) is 4.94. The number of carbonyl (C=O) groups is 1. The fraction of sp³-hybridized carbons (Fsp3) is 0.250. The number of aromatic nitrogens is 2. The van der Waals surface area contributed by atoms with E-state index < -0.39 is 5.25 Å². The minimum atomic E-state index is -0.586. The number of carbonyl (C=O) groups excluding carboxylic acids is 1. The van der Waals surface area contributed by atoms with Crippen LogP contribution in [0.15, 0.2) is 58.2 Å². The number of aryl methyl sites for hydroxylation is 1. The van der Waals surface area contributed by atoms with Gasteiger partial charge in [0.15, 0.2) is 0 Å². The second-order valence-corrected chi connectivity index (χ2v) is 7.63. The van der Waals surface area contributed by atoms with Crippen LogP contribution in [0.2, 0.25) is 0 Å². The summed E-state index contributed by atoms with van der Waals surface area (Å²) in [5, 5.41) is 10.9. The minimum absolute atomic E-state index is 0.135. The van der Waals surface area contributed by atoms with Crippen LogP contribution < -0.4 is 5.32 Å². The second kappa shape index (κ2) is 7.52. The molecule has 4 rings (SSSR count). The number of hydrogen-bond donors (Lipinski definition) is 1. The van der Waals surface area contributed by atoms with Gasteiger partial charge >= 0.3 is 0 Å². The van der Waals surface area contributed by atoms with Gasteiger partial charge in [-0.3, -0.25) is 4.79 Å². The first kappa shape index (κ1) is 17.7. The van der Waals surface area contributed by atoms with Crippen LogP contribution in [0.1, 0.15) is 29.2 Å². The van der Waals surface area contributed by atoms with Gasteiger partial charge in [0.1, 0.15) is 11.1 Å². The summed E-state index contributed by atoms with van der Waals surface area (Å²) in [6.45, 7) is 1.99. The largest absolute Gasteiger partial charge is 0.411 e. The van der Waals surface area contributed by atoms with Gasteiger partial charge in [-0.05, 0) is 61.4 Å². The molecule has 1 saturated carbocycles. The lowest BCUT2D eigenvalue weighted by Gasteiger charge is -2.14. The average molecular weight is 383 g/mol. The van der Waals surface area contributed by atoms with Gasteiger partial charge in [-0.2, -0.15) is 0 Å². The first-order valence-corrected chi connectivity index (χ1v) is 9.59. The molecule has 1 N–H and O–H groups in total. The molecule has 27 heavy (non-hydrogen) atoms. The van der Waals surface area contributed by atoms with E-state index in [1.54, 1.807) is 12.1 Å². The molecule has 0 radical (unpaired) electrons. The lowest BCUT2D eigenvalue weighted by atomic mass is 10.1. The quantitative estimate of drug-likeness (QED) is 0.643. The van der Waals surface area contributed by atoms with E-state index in [2.05, 4.69) is 15.5 Å². The highest BCUT2D eigenvalue weighted by Gasteiger charge is 2.30. The third-order valence-electron chi connectivity index (χ3n) is 4.22. The van der Waals surface area contributed by atoms with Crippen LogP contribution in [-0.4, -0.2) is 22.1 Å². The summed E-state index contributed by atoms with van der Waals surface area (Å²) < 4.78 is 19.0. The van der Waals surface area contributed by atoms with Crippen LogP contribution in [0.3, 0.4) is 0 Å². The third-order valence-corrected chi connectivity index (χ3v) is 5.31. The Balaban J connectivity index is 1.57. The first-order valence-electron chi connectivity index (χ1n) is 8.71. The molecule has 1 amide bonds. The van der Waals surface area contributed by atoms with Crippen LogP contribution in [0.5, 0.6) is 0 Å². The highest BCUT2D eigenvalue weighted by Crippen LogP contribution is 2.37. The Bertz CT molecular complexity index is 954. The van der Waals surface area contributed by atoms with E-state index in [1.807, 2.05) is 31.2 Å². The zero-order valence-electron chi connectivity index (χ0n) is 14.7. The average Bonchev–Trinajstić information content (AvgIpc) is 3.34. The van der Waals surface area contributed by atoms with Crippen molar-refractivity contribution in [3.8, 4) is 11.5 Å². The maximum absolute atomic E-state index is 13.3. The van der Waals surface area contributed by atoms with Crippen molar-refractivity contribution in [3.05, 3.63) is 65.5 Å². The van der Waals surface area contributed by atoms with Crippen molar-refractivity contribution in [2.24, 2.45) is 0 Å². The number of hydrogen-bond acceptors (Lipinski definition) is 5. The number of benzene rings is 2. The van der Waals surface area contributed by atoms with E-state index in [-0.39, 0.29) is 17.8 Å². The summed E-state index contributed by atoms with van der Waals surface area (Å²) in [4.78, 5) is 12.7. The summed E-state index contributed by atoms with van der Waals surface area (Å²) in [6, 6.07) is 13.9. The predicted octanol–water partition coefficient (Wildman–Crippen LogP) is 4.30. The lowest BCUT2D eigenvalue weighted by Crippen LogP contribution is -2.29. The maximum Gasteiger partial charge on any atom is 0.277 e. The van der Waals surface area contributed by atoms with Crippen molar-refractivity contribution in [1.82, 2.24) is 15.5 Å². The molecule has 0 spiro atoms. The van der Waals surface area contributed by atoms with Crippen LogP contribution in [0.4, 0.5) is 4.39 Å². The zero-order chi connectivity index (χ0) is 18.8. The summed E-state index contributed by atoms with van der Waals surface area (Å²) in [5.74, 6) is -0.0734. The molecule has 1 aromatic heterocycles. The molecule has 1 aliphatic rings. The first-order chi connectivity index (χ1) is 13.1. The predicted molar refractivity (Wildman–Crippen MR) is 101 cm³/mol. The molecular formula is C20H18FN3O2S. The van der Waals surface area contributed by atoms with Crippen molar-refractivity contribution in [1.29, 1.82) is 0 Å². The van der Waals surface area contributed by atoms with Gasteiger partial charge in [-0.1, -0.05) is 29.8 Å². The van der Waals surface area contributed by atoms with Gasteiger partial charge in [0.25, 0.3) is 5.22 Å². The second-order valence-electron chi connectivity index (χ2n) is 6.57. The molecule has 0 bridgehead atoms. The van der Waals surface area contributed by atoms with Crippen LogP contribution in [-0.2, 0) is 4.79 Å². The van der Waals surface area contributed by atoms with Gasteiger partial charge in [0, 0.05) is 11.6 Å². The molecule has 5 nitrogen and oxygen atoms in total. The van der Waals surface area contributed by atoms with E-state index in [0.29, 0.717) is 16.7 Å². The number of halogens is 1. The monoisotopic (exact) mass is 383 g/mol. The molecule has 0 saturated heterocycles. The number of nitrogens with zero attached hydrogens (tertiary/aromatic N) is 2. The number of nitrogens with one attached hydrogen (secondary N) is 1. The van der Waals surface area contributed by atoms with Gasteiger partial charge in [0.2, 0.25) is 11.8 Å². The molecule has 1 heterocycles. The molecule has 2 aromatic carbocycles. The summed E-state index contributed by atoms with van der Waals surface area (Å²) >= 11 is 1.17. The fourth-order valence-electron chi connectivity index (χ4n) is 2.67. The maximum atomic E-state index is 13.3. The Morgan fingerprint density at radius 2 is 2.00 bits per heavy atom. The molecule has 1 atom stereocenters. The van der Waals surface area contributed by atoms with Crippen molar-refractivity contribution < 1.29 is 13.6 Å². The van der Waals surface area contributed by atoms with Crippen molar-refractivity contribution >= 4 is 17.7 Å². The number of rotatable bonds is 6. The standard InChI is InChI=1S/C20H18FN3O2S/c1-12-3-2-4-14(11-12)19-23-24-20(26-19)27-17(18(25)22-16-9-10-16)13-5-7-15(21)8-6-13/h2-8,11,16-17H,9-10H2,1H3,(H,22,25). The molecule has 0 aliphatic heterocycles. The number of amides is 1. The Hall–Kier alpha value is -2.67. The Morgan fingerprint density at radius 3 is 2.70 bits per heavy atom. The molecule has 7 heteroatoms. The van der Waals surface area contributed by atoms with Crippen LogP contribution in [0, 0.1) is 12.7 Å². The Labute approximate surface area is 160 Å². The van der Waals surface area contributed by atoms with Gasteiger partial charge < -0.3 is 9.73 Å². The smallest absolute Gasteiger partial charge is 0.277 e. The van der Waals surface area contributed by atoms with Crippen molar-refractivity contribution in [2.45, 2.75) is 36.3 Å². The summed E-state index contributed by atoms with van der Waals surface area (Å²) in [6.07, 6.45) is 1.98. The molecule has 1 aliphatic carbocycles. The third kappa shape index (κ3) is 4.36. The number of thioether (sulfide) groups is 1. The zero-order valence-corrected chi connectivity index (χ0v) is 15.5. The van der Waals surface area contributed by atoms with E-state index in [0.717, 1.165) is 24.0 Å². The molecule has 138 valence electrons. The van der Waals surface area contributed by atoms with E-state index in [9.17, 15) is 9.18 Å². The summed E-state index contributed by atoms with van der Waals surface area (Å²) in [5.41, 5.74) is 2.61. The summed E-state index contributed by atoms with van der Waals surface area (Å²) in [7, 11) is 0. The molecule has 1 unspecified atom stereocenters. The molecular weight excluding hydrogens is 365 g/mol. The topological polar surface area (TPSA) is 68.0 Å². The van der Waals surface area contributed by atoms with Crippen LogP contribution >= 0.6 is 11.8 Å². The van der Waals surface area contributed by atoms with Gasteiger partial charge in [-0.15, -0.1) is 10.2 Å². The minimum Gasteiger partial charge on any atom is -0.411 e. The van der Waals surface area contributed by atoms with E-state index in [4.69, 9.17) is 4.42 Å². The Morgan fingerprint density at radius 1 is 1.22 bits per heavy atom. The molecule has 3 aromatic rings. The van der Waals surface area contributed by atoms with E-state index >= 15 is 0 Å². The SMILES string of the molecule is Cc1cccc(-c2nnc(SC(C(=O)NC3CC3)c3ccc(F)cc3)o2)c1. The lowest BCUT2D eigenvalue weighted by molar-refractivity contribution is -0.120. The van der Waals surface area contributed by atoms with E-state index in [1.165, 1.54) is 23.9 Å². The fourth-order valence-corrected chi connectivity index (χ4v) is 3.55. The highest BCUT2D eigenvalue weighted by atomic mass is 32.2. The van der Waals surface area contributed by atoms with Crippen LogP contribution in [0.25, 0.3) is 11.5 Å². The van der Waals surface area contributed by atoms with Crippen molar-refractivity contribution in [2.75, 3.05) is 0 Å². The van der Waals surface area contributed by atoms with Crippen molar-refractivity contribution in [3.63, 3.8) is 0 Å². The normalized spacial score (nSPS) is 14.7. The van der Waals surface area contributed by atoms with Gasteiger partial charge in [-0.25, -0.2) is 4.39 Å². The van der Waals surface area contributed by atoms with Gasteiger partial charge in [0.05, 0.1) is 0 Å². The molecule has 1 fully saturated rings. The highest BCUT2D eigenvalue weighted by molar-refractivity contribution is 8.00.